The minimum absolute atomic E-state index is 0.544. The van der Waals surface area contributed by atoms with Gasteiger partial charge in [-0.05, 0) is 43.5 Å². The average molecular weight is 279 g/mol. The molecule has 0 saturated carbocycles. The van der Waals surface area contributed by atoms with Gasteiger partial charge in [0.2, 0.25) is 0 Å². The zero-order valence-corrected chi connectivity index (χ0v) is 10.8. The maximum Gasteiger partial charge on any atom is 0.0994 e. The van der Waals surface area contributed by atoms with Crippen molar-refractivity contribution in [2.45, 2.75) is 31.7 Å². The third kappa shape index (κ3) is 2.84. The van der Waals surface area contributed by atoms with E-state index in [1.54, 1.807) is 0 Å². The first-order valence-electron chi connectivity index (χ1n) is 5.71. The largest absolute Gasteiger partial charge is 0.314 e. The van der Waals surface area contributed by atoms with Gasteiger partial charge in [0.1, 0.15) is 0 Å². The van der Waals surface area contributed by atoms with Gasteiger partial charge in [-0.3, -0.25) is 0 Å². The van der Waals surface area contributed by atoms with E-state index in [4.69, 9.17) is 5.26 Å². The Labute approximate surface area is 105 Å². The van der Waals surface area contributed by atoms with Crippen LogP contribution in [0, 0.1) is 11.3 Å². The molecule has 1 unspecified atom stereocenters. The van der Waals surface area contributed by atoms with Gasteiger partial charge in [0, 0.05) is 10.5 Å². The van der Waals surface area contributed by atoms with Crippen molar-refractivity contribution < 1.29 is 0 Å². The Balaban J connectivity index is 2.11. The number of halogens is 1. The predicted molar refractivity (Wildman–Crippen MR) is 68.2 cm³/mol. The zero-order chi connectivity index (χ0) is 11.4. The molecule has 0 amide bonds. The second-order valence-corrected chi connectivity index (χ2v) is 5.18. The van der Waals surface area contributed by atoms with Crippen LogP contribution in [0.1, 0.15) is 30.4 Å². The summed E-state index contributed by atoms with van der Waals surface area (Å²) in [6, 6.07) is 8.78. The molecule has 1 fully saturated rings. The number of hydrogen-bond donors (Lipinski definition) is 1. The smallest absolute Gasteiger partial charge is 0.0994 e. The number of piperidine rings is 1. The molecular weight excluding hydrogens is 264 g/mol. The van der Waals surface area contributed by atoms with Gasteiger partial charge in [-0.15, -0.1) is 0 Å². The summed E-state index contributed by atoms with van der Waals surface area (Å²) in [7, 11) is 0. The normalized spacial score (nSPS) is 20.4. The summed E-state index contributed by atoms with van der Waals surface area (Å²) in [5, 5.41) is 12.6. The number of nitrogens with one attached hydrogen (secondary N) is 1. The first-order valence-corrected chi connectivity index (χ1v) is 6.51. The van der Waals surface area contributed by atoms with Gasteiger partial charge in [0.05, 0.1) is 11.6 Å². The SMILES string of the molecule is N#Cc1cc(Br)ccc1CC1CCCCN1. The van der Waals surface area contributed by atoms with Crippen molar-refractivity contribution in [1.82, 2.24) is 5.32 Å². The van der Waals surface area contributed by atoms with Crippen LogP contribution in [0.4, 0.5) is 0 Å². The number of nitrogens with zero attached hydrogens (tertiary/aromatic N) is 1. The van der Waals surface area contributed by atoms with Gasteiger partial charge in [0.25, 0.3) is 0 Å². The van der Waals surface area contributed by atoms with E-state index >= 15 is 0 Å². The van der Waals surface area contributed by atoms with E-state index in [2.05, 4.69) is 33.4 Å². The number of hydrogen-bond acceptors (Lipinski definition) is 2. The molecule has 0 bridgehead atoms. The van der Waals surface area contributed by atoms with Crippen LogP contribution in [-0.2, 0) is 6.42 Å². The Hall–Kier alpha value is -0.850. The van der Waals surface area contributed by atoms with Gasteiger partial charge in [-0.2, -0.15) is 5.26 Å². The topological polar surface area (TPSA) is 35.8 Å². The first kappa shape index (κ1) is 11.6. The van der Waals surface area contributed by atoms with Gasteiger partial charge >= 0.3 is 0 Å². The molecule has 84 valence electrons. The molecule has 2 nitrogen and oxygen atoms in total. The molecule has 1 saturated heterocycles. The lowest BCUT2D eigenvalue weighted by Gasteiger charge is -2.23. The number of benzene rings is 1. The lowest BCUT2D eigenvalue weighted by Crippen LogP contribution is -2.35. The number of rotatable bonds is 2. The van der Waals surface area contributed by atoms with Crippen molar-refractivity contribution in [2.24, 2.45) is 0 Å². The lowest BCUT2D eigenvalue weighted by atomic mass is 9.95. The van der Waals surface area contributed by atoms with Crippen LogP contribution in [0.15, 0.2) is 22.7 Å². The van der Waals surface area contributed by atoms with Gasteiger partial charge in [-0.25, -0.2) is 0 Å². The molecule has 1 aromatic carbocycles. The molecular formula is C13H15BrN2. The summed E-state index contributed by atoms with van der Waals surface area (Å²) < 4.78 is 0.976. The van der Waals surface area contributed by atoms with E-state index in [0.717, 1.165) is 28.6 Å². The van der Waals surface area contributed by atoms with Crippen LogP contribution < -0.4 is 5.32 Å². The van der Waals surface area contributed by atoms with E-state index in [0.29, 0.717) is 6.04 Å². The monoisotopic (exact) mass is 278 g/mol. The minimum Gasteiger partial charge on any atom is -0.314 e. The second kappa shape index (κ2) is 5.47. The van der Waals surface area contributed by atoms with Crippen LogP contribution >= 0.6 is 15.9 Å². The third-order valence-corrected chi connectivity index (χ3v) is 3.56. The van der Waals surface area contributed by atoms with E-state index in [1.165, 1.54) is 19.3 Å². The predicted octanol–water partition coefficient (Wildman–Crippen LogP) is 3.01. The standard InChI is InChI=1S/C13H15BrN2/c14-12-5-4-10(11(7-12)9-15)8-13-3-1-2-6-16-13/h4-5,7,13,16H,1-3,6,8H2. The zero-order valence-electron chi connectivity index (χ0n) is 9.17. The minimum atomic E-state index is 0.544. The van der Waals surface area contributed by atoms with Gasteiger partial charge in [0.15, 0.2) is 0 Å². The van der Waals surface area contributed by atoms with E-state index in [1.807, 2.05) is 12.1 Å². The molecule has 1 aromatic rings. The molecule has 0 aromatic heterocycles. The molecule has 2 rings (SSSR count). The molecule has 1 atom stereocenters. The first-order chi connectivity index (χ1) is 7.79. The fraction of sp³-hybridized carbons (Fsp3) is 0.462. The van der Waals surface area contributed by atoms with Crippen molar-refractivity contribution in [1.29, 1.82) is 5.26 Å². The second-order valence-electron chi connectivity index (χ2n) is 4.26. The Morgan fingerprint density at radius 1 is 1.44 bits per heavy atom. The molecule has 1 heterocycles. The molecule has 1 N–H and O–H groups in total. The average Bonchev–Trinajstić information content (AvgIpc) is 2.33. The van der Waals surface area contributed by atoms with Gasteiger partial charge < -0.3 is 5.32 Å². The summed E-state index contributed by atoms with van der Waals surface area (Å²) in [6.07, 6.45) is 4.77. The van der Waals surface area contributed by atoms with Crippen molar-refractivity contribution >= 4 is 15.9 Å². The maximum atomic E-state index is 9.08. The summed E-state index contributed by atoms with van der Waals surface area (Å²) in [4.78, 5) is 0. The Morgan fingerprint density at radius 3 is 3.00 bits per heavy atom. The Morgan fingerprint density at radius 2 is 2.31 bits per heavy atom. The molecule has 16 heavy (non-hydrogen) atoms. The summed E-state index contributed by atoms with van der Waals surface area (Å²) in [5.41, 5.74) is 1.95. The van der Waals surface area contributed by atoms with Crippen LogP contribution in [0.2, 0.25) is 0 Å². The van der Waals surface area contributed by atoms with E-state index in [-0.39, 0.29) is 0 Å². The summed E-state index contributed by atoms with van der Waals surface area (Å²) in [5.74, 6) is 0. The Bertz CT molecular complexity index is 403. The van der Waals surface area contributed by atoms with Crippen LogP contribution in [0.5, 0.6) is 0 Å². The fourth-order valence-electron chi connectivity index (χ4n) is 2.19. The van der Waals surface area contributed by atoms with Crippen molar-refractivity contribution in [3.63, 3.8) is 0 Å². The summed E-state index contributed by atoms with van der Waals surface area (Å²) >= 11 is 3.40. The highest BCUT2D eigenvalue weighted by atomic mass is 79.9. The molecule has 0 aliphatic carbocycles. The van der Waals surface area contributed by atoms with Crippen molar-refractivity contribution in [2.75, 3.05) is 6.54 Å². The molecule has 0 spiro atoms. The molecule has 3 heteroatoms. The molecule has 0 radical (unpaired) electrons. The van der Waals surface area contributed by atoms with E-state index < -0.39 is 0 Å². The van der Waals surface area contributed by atoms with Crippen LogP contribution in [0.25, 0.3) is 0 Å². The fourth-order valence-corrected chi connectivity index (χ4v) is 2.56. The van der Waals surface area contributed by atoms with Crippen molar-refractivity contribution in [3.05, 3.63) is 33.8 Å². The van der Waals surface area contributed by atoms with Crippen LogP contribution in [-0.4, -0.2) is 12.6 Å². The number of nitriles is 1. The molecule has 1 aliphatic heterocycles. The lowest BCUT2D eigenvalue weighted by molar-refractivity contribution is 0.399. The van der Waals surface area contributed by atoms with Crippen LogP contribution in [0.3, 0.4) is 0 Å². The van der Waals surface area contributed by atoms with Crippen molar-refractivity contribution in [3.8, 4) is 6.07 Å². The quantitative estimate of drug-likeness (QED) is 0.903. The van der Waals surface area contributed by atoms with Gasteiger partial charge in [-0.1, -0.05) is 28.4 Å². The third-order valence-electron chi connectivity index (χ3n) is 3.07. The highest BCUT2D eigenvalue weighted by Crippen LogP contribution is 2.19. The molecule has 1 aliphatic rings. The highest BCUT2D eigenvalue weighted by Gasteiger charge is 2.14. The Kier molecular flexibility index (Phi) is 3.98. The summed E-state index contributed by atoms with van der Waals surface area (Å²) in [6.45, 7) is 1.11. The highest BCUT2D eigenvalue weighted by molar-refractivity contribution is 9.10. The van der Waals surface area contributed by atoms with E-state index in [9.17, 15) is 0 Å². The maximum absolute atomic E-state index is 9.08.